The molecule has 1 unspecified atom stereocenters. The fourth-order valence-corrected chi connectivity index (χ4v) is 9.37. The third-order valence-corrected chi connectivity index (χ3v) is 13.0. The molecule has 2 aliphatic heterocycles. The van der Waals surface area contributed by atoms with E-state index in [0.29, 0.717) is 25.3 Å². The summed E-state index contributed by atoms with van der Waals surface area (Å²) in [6.07, 6.45) is 8.54. The Bertz CT molecular complexity index is 2740. The number of piperazine rings is 1. The number of thiazole rings is 1. The molecule has 0 aliphatic carbocycles. The molecule has 4 aromatic heterocycles. The van der Waals surface area contributed by atoms with Crippen LogP contribution in [0.1, 0.15) is 79.5 Å². The molecule has 3 amide bonds. The maximum atomic E-state index is 14.1. The van der Waals surface area contributed by atoms with Crippen LogP contribution in [-0.4, -0.2) is 104 Å². The van der Waals surface area contributed by atoms with E-state index < -0.39 is 10.8 Å². The number of nitrogens with one attached hydrogen (secondary N) is 4. The van der Waals surface area contributed by atoms with E-state index >= 15 is 0 Å². The Morgan fingerprint density at radius 1 is 0.881 bits per heavy atom. The highest BCUT2D eigenvalue weighted by atomic mass is 32.1. The van der Waals surface area contributed by atoms with E-state index in [9.17, 15) is 28.9 Å². The van der Waals surface area contributed by atoms with Gasteiger partial charge in [-0.1, -0.05) is 37.5 Å². The van der Waals surface area contributed by atoms with Gasteiger partial charge in [0.25, 0.3) is 5.91 Å². The number of rotatable bonds is 19. The Balaban J connectivity index is 0.728. The minimum Gasteiger partial charge on any atom is -0.385 e. The quantitative estimate of drug-likeness (QED) is 0.0354. The number of hydrogen-bond acceptors (Lipinski definition) is 14. The molecule has 2 aliphatic rings. The van der Waals surface area contributed by atoms with Crippen LogP contribution >= 0.6 is 11.3 Å². The van der Waals surface area contributed by atoms with E-state index in [2.05, 4.69) is 45.9 Å². The molecule has 1 atom stereocenters. The van der Waals surface area contributed by atoms with Crippen molar-refractivity contribution in [2.24, 2.45) is 0 Å². The largest absolute Gasteiger partial charge is 0.385 e. The lowest BCUT2D eigenvalue weighted by molar-refractivity contribution is -0.380. The van der Waals surface area contributed by atoms with Gasteiger partial charge in [0.05, 0.1) is 40.7 Å². The monoisotopic (exact) mass is 931 g/mol. The van der Waals surface area contributed by atoms with Gasteiger partial charge in [-0.05, 0) is 104 Å². The molecule has 6 aromatic rings. The van der Waals surface area contributed by atoms with Crippen molar-refractivity contribution in [3.05, 3.63) is 112 Å². The summed E-state index contributed by atoms with van der Waals surface area (Å²) in [4.78, 5) is 68.8. The molecule has 0 bridgehead atoms. The number of amides is 3. The average molecular weight is 932 g/mol. The number of hydrogen-bond donors (Lipinski definition) is 4. The molecule has 0 radical (unpaired) electrons. The van der Waals surface area contributed by atoms with Gasteiger partial charge in [0.2, 0.25) is 11.8 Å². The zero-order valence-electron chi connectivity index (χ0n) is 37.5. The molecule has 2 saturated heterocycles. The van der Waals surface area contributed by atoms with E-state index in [4.69, 9.17) is 10.1 Å². The summed E-state index contributed by atoms with van der Waals surface area (Å²) in [6.45, 7) is 8.33. The first-order chi connectivity index (χ1) is 32.5. The zero-order chi connectivity index (χ0) is 46.9. The summed E-state index contributed by atoms with van der Waals surface area (Å²) in [7, 11) is 0. The van der Waals surface area contributed by atoms with Crippen LogP contribution in [0.15, 0.2) is 79.0 Å². The van der Waals surface area contributed by atoms with E-state index in [-0.39, 0.29) is 45.1 Å². The van der Waals surface area contributed by atoms with Crippen LogP contribution in [-0.2, 0) is 9.59 Å². The van der Waals surface area contributed by atoms with E-state index in [1.54, 1.807) is 36.5 Å². The van der Waals surface area contributed by atoms with Crippen LogP contribution in [0, 0.1) is 22.9 Å². The number of nitro groups is 1. The predicted octanol–water partition coefficient (Wildman–Crippen LogP) is 7.46. The minimum absolute atomic E-state index is 0.0258. The van der Waals surface area contributed by atoms with Gasteiger partial charge in [-0.15, -0.1) is 5.10 Å². The van der Waals surface area contributed by atoms with Crippen molar-refractivity contribution in [1.82, 2.24) is 34.8 Å². The fourth-order valence-electron chi connectivity index (χ4n) is 8.59. The van der Waals surface area contributed by atoms with Crippen LogP contribution in [0.3, 0.4) is 0 Å². The lowest BCUT2D eigenvalue weighted by Crippen LogP contribution is -2.49. The molecule has 2 fully saturated rings. The number of imidazole rings is 1. The third kappa shape index (κ3) is 11.7. The van der Waals surface area contributed by atoms with Crippen molar-refractivity contribution in [2.75, 3.05) is 78.1 Å². The van der Waals surface area contributed by atoms with Gasteiger partial charge in [-0.2, -0.15) is 0 Å². The Morgan fingerprint density at radius 2 is 1.67 bits per heavy atom. The molecule has 8 rings (SSSR count). The molecule has 67 heavy (non-hydrogen) atoms. The number of pyridine rings is 1. The maximum absolute atomic E-state index is 14.1. The number of anilines is 5. The normalized spacial score (nSPS) is 15.2. The molecule has 0 saturated carbocycles. The number of aromatic nitrogens is 5. The lowest BCUT2D eigenvalue weighted by atomic mass is 10.0. The Morgan fingerprint density at radius 3 is 2.45 bits per heavy atom. The minimum atomic E-state index is -0.545. The van der Waals surface area contributed by atoms with Crippen LogP contribution in [0.25, 0.3) is 17.0 Å². The van der Waals surface area contributed by atoms with Crippen molar-refractivity contribution >= 4 is 67.8 Å². The van der Waals surface area contributed by atoms with Crippen molar-refractivity contribution in [2.45, 2.75) is 64.8 Å². The molecule has 0 spiro atoms. The average Bonchev–Trinajstić information content (AvgIpc) is 4.07. The van der Waals surface area contributed by atoms with Crippen molar-refractivity contribution < 1.29 is 23.7 Å². The topological polar surface area (TPSA) is 208 Å². The number of nitrogens with zero attached hydrogens (tertiary/aromatic N) is 9. The summed E-state index contributed by atoms with van der Waals surface area (Å²) in [5.41, 5.74) is 4.69. The van der Waals surface area contributed by atoms with Crippen molar-refractivity contribution in [3.63, 3.8) is 0 Å². The standard InChI is InChI=1S/C47H54FN13O5S/c1-31-46(61(65)66)67-47(52-31)55-45(64)36-17-16-35(28-38(36)53-32(2)62)49-20-6-4-3-5-7-21-50-44(63)30-57-23-25-58(26-24-57)42-15-9-13-37(54-42)40-29-51-41-18-19-43(56-60(40)41)59-22-10-14-39(59)33-11-8-12-34(48)27-33/h8-9,11-13,15-19,27-29,39,49H,3-7,10,14,20-26,30H2,1-2H3,(H,50,63)(H,53,62)(H,52,55,64). The van der Waals surface area contributed by atoms with Gasteiger partial charge in [0, 0.05) is 58.4 Å². The predicted molar refractivity (Wildman–Crippen MR) is 257 cm³/mol. The van der Waals surface area contributed by atoms with Crippen molar-refractivity contribution in [1.29, 1.82) is 0 Å². The van der Waals surface area contributed by atoms with E-state index in [1.165, 1.54) is 19.9 Å². The van der Waals surface area contributed by atoms with E-state index in [0.717, 1.165) is 129 Å². The van der Waals surface area contributed by atoms with Crippen LogP contribution in [0.2, 0.25) is 0 Å². The molecular weight excluding hydrogens is 878 g/mol. The Kier molecular flexibility index (Phi) is 14.9. The first kappa shape index (κ1) is 46.5. The van der Waals surface area contributed by atoms with Gasteiger partial charge >= 0.3 is 5.00 Å². The smallest absolute Gasteiger partial charge is 0.348 e. The number of benzene rings is 2. The van der Waals surface area contributed by atoms with Gasteiger partial charge in [-0.3, -0.25) is 34.7 Å². The first-order valence-electron chi connectivity index (χ1n) is 22.7. The summed E-state index contributed by atoms with van der Waals surface area (Å²) in [5, 5.41) is 27.9. The third-order valence-electron chi connectivity index (χ3n) is 11.9. The van der Waals surface area contributed by atoms with Gasteiger partial charge in [-0.25, -0.2) is 23.9 Å². The second kappa shape index (κ2) is 21.5. The van der Waals surface area contributed by atoms with Crippen LogP contribution in [0.4, 0.5) is 37.5 Å². The molecular formula is C47H54FN13O5S. The molecule has 18 nitrogen and oxygen atoms in total. The highest BCUT2D eigenvalue weighted by Gasteiger charge is 2.29. The van der Waals surface area contributed by atoms with Crippen LogP contribution in [0.5, 0.6) is 0 Å². The molecule has 4 N–H and O–H groups in total. The van der Waals surface area contributed by atoms with Gasteiger partial charge < -0.3 is 25.8 Å². The number of fused-ring (bicyclic) bond motifs is 1. The number of carbonyl (C=O) groups is 3. The fraction of sp³-hybridized carbons (Fsp3) is 0.383. The Hall–Kier alpha value is -7.06. The second-order valence-corrected chi connectivity index (χ2v) is 17.7. The summed E-state index contributed by atoms with van der Waals surface area (Å²) < 4.78 is 15.9. The number of aryl methyl sites for hydroxylation is 1. The van der Waals surface area contributed by atoms with Crippen LogP contribution < -0.4 is 31.1 Å². The first-order valence-corrected chi connectivity index (χ1v) is 23.5. The summed E-state index contributed by atoms with van der Waals surface area (Å²) in [6, 6.07) is 21.8. The van der Waals surface area contributed by atoms with Gasteiger partial charge in [0.15, 0.2) is 10.8 Å². The summed E-state index contributed by atoms with van der Waals surface area (Å²) in [5.74, 6) is 0.581. The summed E-state index contributed by atoms with van der Waals surface area (Å²) >= 11 is 0.771. The lowest BCUT2D eigenvalue weighted by Gasteiger charge is -2.35. The molecule has 2 aromatic carbocycles. The van der Waals surface area contributed by atoms with E-state index in [1.807, 2.05) is 40.9 Å². The van der Waals surface area contributed by atoms with Crippen molar-refractivity contribution in [3.8, 4) is 11.4 Å². The number of unbranched alkanes of at least 4 members (excludes halogenated alkanes) is 4. The molecule has 6 heterocycles. The number of halogens is 1. The zero-order valence-corrected chi connectivity index (χ0v) is 38.4. The highest BCUT2D eigenvalue weighted by Crippen LogP contribution is 2.36. The Labute approximate surface area is 391 Å². The molecule has 20 heteroatoms. The maximum Gasteiger partial charge on any atom is 0.348 e. The highest BCUT2D eigenvalue weighted by molar-refractivity contribution is 7.19. The number of carbonyl (C=O) groups excluding carboxylic acids is 3. The second-order valence-electron chi connectivity index (χ2n) is 16.8. The van der Waals surface area contributed by atoms with Gasteiger partial charge in [0.1, 0.15) is 28.8 Å². The SMILES string of the molecule is CC(=O)Nc1cc(NCCCCCCCNC(=O)CN2CCN(c3cccc(-c4cnc5ccc(N6CCCC6c6cccc(F)c6)nn45)n3)CC2)ccc1C(=O)Nc1nc(C)c([N+](=O)[O-])s1. The molecule has 350 valence electrons.